The summed E-state index contributed by atoms with van der Waals surface area (Å²) in [5.74, 6) is -4.21. The van der Waals surface area contributed by atoms with Crippen molar-refractivity contribution in [1.82, 2.24) is 10.2 Å². The molecule has 2 rings (SSSR count). The second-order valence-electron chi connectivity index (χ2n) is 4.41. The smallest absolute Gasteiger partial charge is 0.353 e. The monoisotopic (exact) mass is 266 g/mol. The first kappa shape index (κ1) is 13.2. The quantitative estimate of drug-likeness (QED) is 0.896. The van der Waals surface area contributed by atoms with E-state index in [1.165, 1.54) is 12.1 Å². The number of hydrogen-bond acceptors (Lipinski definition) is 2. The Kier molecular flexibility index (Phi) is 3.09. The number of carboxylic acid groups (broad SMARTS) is 1. The molecule has 0 saturated heterocycles. The third kappa shape index (κ3) is 2.62. The van der Waals surface area contributed by atoms with E-state index in [0.29, 0.717) is 0 Å². The molecule has 1 heterocycles. The average Bonchev–Trinajstić information content (AvgIpc) is 2.76. The van der Waals surface area contributed by atoms with Gasteiger partial charge in [-0.2, -0.15) is 5.10 Å². The van der Waals surface area contributed by atoms with Gasteiger partial charge in [0, 0.05) is 18.1 Å². The molecule has 0 fully saturated rings. The summed E-state index contributed by atoms with van der Waals surface area (Å²) in [6, 6.07) is 5.72. The van der Waals surface area contributed by atoms with Crippen molar-refractivity contribution < 1.29 is 18.7 Å². The Morgan fingerprint density at radius 2 is 2.05 bits per heavy atom. The zero-order chi connectivity index (χ0) is 14.2. The second-order valence-corrected chi connectivity index (χ2v) is 4.41. The maximum Gasteiger partial charge on any atom is 0.353 e. The van der Waals surface area contributed by atoms with Crippen LogP contribution in [0.2, 0.25) is 0 Å². The number of carboxylic acids is 1. The van der Waals surface area contributed by atoms with Gasteiger partial charge in [0.05, 0.1) is 5.69 Å². The molecule has 4 nitrogen and oxygen atoms in total. The maximum absolute atomic E-state index is 13.5. The predicted octanol–water partition coefficient (Wildman–Crippen LogP) is 3.20. The van der Waals surface area contributed by atoms with Gasteiger partial charge in [-0.25, -0.2) is 13.6 Å². The topological polar surface area (TPSA) is 66.0 Å². The average molecular weight is 266 g/mol. The number of nitrogens with one attached hydrogen (secondary N) is 1. The number of benzene rings is 1. The van der Waals surface area contributed by atoms with Crippen molar-refractivity contribution in [3.05, 3.63) is 41.1 Å². The van der Waals surface area contributed by atoms with E-state index in [4.69, 9.17) is 5.11 Å². The Morgan fingerprint density at radius 3 is 2.58 bits per heavy atom. The number of aromatic amines is 1. The van der Waals surface area contributed by atoms with Crippen LogP contribution in [0.15, 0.2) is 24.3 Å². The van der Waals surface area contributed by atoms with Crippen LogP contribution < -0.4 is 0 Å². The van der Waals surface area contributed by atoms with Crippen LogP contribution >= 0.6 is 0 Å². The van der Waals surface area contributed by atoms with E-state index in [9.17, 15) is 13.6 Å². The number of halogens is 2. The number of alkyl halides is 2. The highest BCUT2D eigenvalue weighted by atomic mass is 19.3. The highest BCUT2D eigenvalue weighted by Gasteiger charge is 2.28. The molecule has 100 valence electrons. The number of aromatic carboxylic acids is 1. The molecule has 1 aromatic heterocycles. The summed E-state index contributed by atoms with van der Waals surface area (Å²) in [4.78, 5) is 10.8. The molecular formula is C13H12F2N2O2. The highest BCUT2D eigenvalue weighted by Crippen LogP contribution is 2.35. The van der Waals surface area contributed by atoms with Gasteiger partial charge in [0.25, 0.3) is 5.92 Å². The summed E-state index contributed by atoms with van der Waals surface area (Å²) in [5.41, 5.74) is 0.903. The van der Waals surface area contributed by atoms with E-state index in [2.05, 4.69) is 10.2 Å². The Balaban J connectivity index is 2.59. The SMILES string of the molecule is Cc1ccc(C(C)(F)F)c(-c2cc(C(=O)O)[nH]n2)c1. The summed E-state index contributed by atoms with van der Waals surface area (Å²) < 4.78 is 27.1. The first-order chi connectivity index (χ1) is 8.79. The zero-order valence-corrected chi connectivity index (χ0v) is 10.4. The zero-order valence-electron chi connectivity index (χ0n) is 10.4. The van der Waals surface area contributed by atoms with Gasteiger partial charge in [0.1, 0.15) is 5.69 Å². The first-order valence-electron chi connectivity index (χ1n) is 5.57. The molecule has 0 unspecified atom stereocenters. The van der Waals surface area contributed by atoms with Crippen molar-refractivity contribution in [2.75, 3.05) is 0 Å². The van der Waals surface area contributed by atoms with Gasteiger partial charge in [-0.05, 0) is 19.1 Å². The van der Waals surface area contributed by atoms with Crippen LogP contribution in [0.5, 0.6) is 0 Å². The Morgan fingerprint density at radius 1 is 1.37 bits per heavy atom. The van der Waals surface area contributed by atoms with Crippen molar-refractivity contribution in [2.24, 2.45) is 0 Å². The molecule has 0 radical (unpaired) electrons. The van der Waals surface area contributed by atoms with Gasteiger partial charge in [0.2, 0.25) is 0 Å². The molecule has 0 saturated carbocycles. The molecule has 0 aliphatic carbocycles. The molecule has 1 aromatic carbocycles. The van der Waals surface area contributed by atoms with Crippen molar-refractivity contribution in [3.63, 3.8) is 0 Å². The van der Waals surface area contributed by atoms with Gasteiger partial charge >= 0.3 is 5.97 Å². The molecule has 0 atom stereocenters. The lowest BCUT2D eigenvalue weighted by molar-refractivity contribution is 0.0180. The minimum Gasteiger partial charge on any atom is -0.477 e. The number of hydrogen-bond donors (Lipinski definition) is 2. The molecule has 2 N–H and O–H groups in total. The van der Waals surface area contributed by atoms with E-state index < -0.39 is 11.9 Å². The van der Waals surface area contributed by atoms with E-state index in [-0.39, 0.29) is 22.5 Å². The van der Waals surface area contributed by atoms with Crippen LogP contribution in [0.3, 0.4) is 0 Å². The summed E-state index contributed by atoms with van der Waals surface area (Å²) in [6.07, 6.45) is 0. The largest absolute Gasteiger partial charge is 0.477 e. The maximum atomic E-state index is 13.5. The highest BCUT2D eigenvalue weighted by molar-refractivity contribution is 5.87. The number of rotatable bonds is 3. The third-order valence-electron chi connectivity index (χ3n) is 2.73. The molecule has 19 heavy (non-hydrogen) atoms. The van der Waals surface area contributed by atoms with E-state index in [1.54, 1.807) is 19.1 Å². The van der Waals surface area contributed by atoms with E-state index >= 15 is 0 Å². The van der Waals surface area contributed by atoms with Gasteiger partial charge < -0.3 is 5.11 Å². The standard InChI is InChI=1S/C13H12F2N2O2/c1-7-3-4-9(13(2,14)15)8(5-7)10-6-11(12(18)19)17-16-10/h3-6H,1-2H3,(H,16,17)(H,18,19). The minimum absolute atomic E-state index is 0.137. The number of aromatic nitrogens is 2. The van der Waals surface area contributed by atoms with Crippen LogP contribution in [0.1, 0.15) is 28.5 Å². The van der Waals surface area contributed by atoms with Gasteiger partial charge in [0.15, 0.2) is 0 Å². The number of carbonyl (C=O) groups is 1. The predicted molar refractivity (Wildman–Crippen MR) is 65.3 cm³/mol. The van der Waals surface area contributed by atoms with Crippen molar-refractivity contribution >= 4 is 5.97 Å². The summed E-state index contributed by atoms with van der Waals surface area (Å²) in [7, 11) is 0. The Bertz CT molecular complexity index is 630. The summed E-state index contributed by atoms with van der Waals surface area (Å²) >= 11 is 0. The number of aryl methyl sites for hydroxylation is 1. The lowest BCUT2D eigenvalue weighted by Gasteiger charge is -2.15. The third-order valence-corrected chi connectivity index (χ3v) is 2.73. The van der Waals surface area contributed by atoms with Gasteiger partial charge in [-0.1, -0.05) is 17.7 Å². The van der Waals surface area contributed by atoms with E-state index in [0.717, 1.165) is 12.5 Å². The number of nitrogens with zero attached hydrogens (tertiary/aromatic N) is 1. The Labute approximate surface area is 108 Å². The molecule has 6 heteroatoms. The Hall–Kier alpha value is -2.24. The van der Waals surface area contributed by atoms with Crippen LogP contribution in [-0.4, -0.2) is 21.3 Å². The summed E-state index contributed by atoms with van der Waals surface area (Å²) in [5, 5.41) is 14.9. The lowest BCUT2D eigenvalue weighted by Crippen LogP contribution is -2.09. The molecule has 0 aliphatic rings. The lowest BCUT2D eigenvalue weighted by atomic mass is 9.97. The van der Waals surface area contributed by atoms with Gasteiger partial charge in [-0.3, -0.25) is 5.10 Å². The van der Waals surface area contributed by atoms with Crippen LogP contribution in [-0.2, 0) is 5.92 Å². The first-order valence-corrected chi connectivity index (χ1v) is 5.57. The van der Waals surface area contributed by atoms with Gasteiger partial charge in [-0.15, -0.1) is 0 Å². The fraction of sp³-hybridized carbons (Fsp3) is 0.231. The molecular weight excluding hydrogens is 254 g/mol. The second kappa shape index (κ2) is 4.46. The molecule has 0 spiro atoms. The van der Waals surface area contributed by atoms with Crippen LogP contribution in [0, 0.1) is 6.92 Å². The van der Waals surface area contributed by atoms with Crippen molar-refractivity contribution in [1.29, 1.82) is 0 Å². The fourth-order valence-corrected chi connectivity index (χ4v) is 1.82. The number of H-pyrrole nitrogens is 1. The molecule has 0 bridgehead atoms. The van der Waals surface area contributed by atoms with Crippen LogP contribution in [0.4, 0.5) is 8.78 Å². The normalized spacial score (nSPS) is 11.6. The molecule has 0 aliphatic heterocycles. The van der Waals surface area contributed by atoms with Crippen molar-refractivity contribution in [2.45, 2.75) is 19.8 Å². The van der Waals surface area contributed by atoms with Crippen molar-refractivity contribution in [3.8, 4) is 11.3 Å². The molecule has 2 aromatic rings. The fourth-order valence-electron chi connectivity index (χ4n) is 1.82. The summed E-state index contributed by atoms with van der Waals surface area (Å²) in [6.45, 7) is 2.57. The van der Waals surface area contributed by atoms with Crippen LogP contribution in [0.25, 0.3) is 11.3 Å². The molecule has 0 amide bonds. The minimum atomic E-state index is -3.02. The van der Waals surface area contributed by atoms with E-state index in [1.807, 2.05) is 0 Å².